The molecule has 0 aromatic heterocycles. The Morgan fingerprint density at radius 1 is 1.62 bits per heavy atom. The number of benzene rings is 1. The van der Waals surface area contributed by atoms with E-state index in [0.717, 1.165) is 4.47 Å². The van der Waals surface area contributed by atoms with Gasteiger partial charge in [-0.2, -0.15) is 0 Å². The molecule has 4 nitrogen and oxygen atoms in total. The molecule has 0 saturated carbocycles. The van der Waals surface area contributed by atoms with E-state index in [0.29, 0.717) is 17.7 Å². The summed E-state index contributed by atoms with van der Waals surface area (Å²) in [6, 6.07) is 4.87. The van der Waals surface area contributed by atoms with Crippen molar-refractivity contribution >= 4 is 27.5 Å². The molecule has 0 aliphatic carbocycles. The number of amides is 1. The Bertz CT molecular complexity index is 378. The molecule has 0 bridgehead atoms. The number of aliphatic hydroxyl groups excluding tert-OH is 1. The van der Waals surface area contributed by atoms with Gasteiger partial charge < -0.3 is 16.2 Å². The summed E-state index contributed by atoms with van der Waals surface area (Å²) < 4.78 is 0.795. The molecule has 0 saturated heterocycles. The van der Waals surface area contributed by atoms with Crippen LogP contribution >= 0.6 is 15.9 Å². The van der Waals surface area contributed by atoms with Crippen molar-refractivity contribution < 1.29 is 9.90 Å². The van der Waals surface area contributed by atoms with Gasteiger partial charge in [-0.05, 0) is 24.6 Å². The van der Waals surface area contributed by atoms with Gasteiger partial charge in [-0.25, -0.2) is 0 Å². The summed E-state index contributed by atoms with van der Waals surface area (Å²) in [6.07, 6.45) is 0.677. The lowest BCUT2D eigenvalue weighted by atomic mass is 10.1. The van der Waals surface area contributed by atoms with Crippen molar-refractivity contribution in [3.63, 3.8) is 0 Å². The van der Waals surface area contributed by atoms with E-state index in [1.165, 1.54) is 0 Å². The molecule has 1 amide bonds. The number of carbonyl (C=O) groups excluding carboxylic acids is 1. The number of nitrogen functional groups attached to an aromatic ring is 1. The van der Waals surface area contributed by atoms with Gasteiger partial charge in [0.2, 0.25) is 0 Å². The summed E-state index contributed by atoms with van der Waals surface area (Å²) in [5.41, 5.74) is 6.55. The van der Waals surface area contributed by atoms with Crippen LogP contribution in [0.4, 0.5) is 5.69 Å². The van der Waals surface area contributed by atoms with Crippen molar-refractivity contribution in [3.05, 3.63) is 28.2 Å². The Kier molecular flexibility index (Phi) is 4.76. The second kappa shape index (κ2) is 5.86. The third kappa shape index (κ3) is 3.21. The van der Waals surface area contributed by atoms with Gasteiger partial charge in [-0.3, -0.25) is 4.79 Å². The van der Waals surface area contributed by atoms with Gasteiger partial charge in [0.15, 0.2) is 0 Å². The fourth-order valence-electron chi connectivity index (χ4n) is 1.27. The van der Waals surface area contributed by atoms with Crippen molar-refractivity contribution in [2.24, 2.45) is 0 Å². The number of hydrogen-bond donors (Lipinski definition) is 3. The molecule has 0 radical (unpaired) electrons. The average Bonchev–Trinajstić information content (AvgIpc) is 2.28. The second-order valence-corrected chi connectivity index (χ2v) is 4.41. The summed E-state index contributed by atoms with van der Waals surface area (Å²) in [5.74, 6) is -0.264. The van der Waals surface area contributed by atoms with E-state index in [1.807, 2.05) is 6.92 Å². The van der Waals surface area contributed by atoms with E-state index in [2.05, 4.69) is 21.2 Å². The molecule has 1 rings (SSSR count). The number of halogens is 1. The van der Waals surface area contributed by atoms with Crippen LogP contribution in [-0.4, -0.2) is 23.7 Å². The van der Waals surface area contributed by atoms with Crippen LogP contribution in [-0.2, 0) is 0 Å². The van der Waals surface area contributed by atoms with Crippen LogP contribution in [0.2, 0.25) is 0 Å². The minimum Gasteiger partial charge on any atom is -0.398 e. The largest absolute Gasteiger partial charge is 0.398 e. The van der Waals surface area contributed by atoms with E-state index in [9.17, 15) is 4.79 Å². The SMILES string of the molecule is CCC(CO)NC(=O)c1cc(Br)ccc1N. The van der Waals surface area contributed by atoms with Crippen LogP contribution in [0.1, 0.15) is 23.7 Å². The van der Waals surface area contributed by atoms with E-state index in [-0.39, 0.29) is 18.6 Å². The maximum Gasteiger partial charge on any atom is 0.253 e. The molecule has 0 spiro atoms. The van der Waals surface area contributed by atoms with E-state index in [4.69, 9.17) is 10.8 Å². The van der Waals surface area contributed by atoms with Gasteiger partial charge in [-0.15, -0.1) is 0 Å². The highest BCUT2D eigenvalue weighted by Gasteiger charge is 2.13. The Labute approximate surface area is 103 Å². The predicted molar refractivity (Wildman–Crippen MR) is 67.2 cm³/mol. The lowest BCUT2D eigenvalue weighted by Crippen LogP contribution is -2.37. The zero-order chi connectivity index (χ0) is 12.1. The first-order chi connectivity index (χ1) is 7.58. The minimum absolute atomic E-state index is 0.0733. The molecule has 0 heterocycles. The van der Waals surface area contributed by atoms with Crippen LogP contribution < -0.4 is 11.1 Å². The van der Waals surface area contributed by atoms with Gasteiger partial charge in [0.1, 0.15) is 0 Å². The molecule has 88 valence electrons. The Morgan fingerprint density at radius 3 is 2.88 bits per heavy atom. The molecule has 1 aromatic carbocycles. The van der Waals surface area contributed by atoms with Gasteiger partial charge in [0, 0.05) is 10.2 Å². The first-order valence-corrected chi connectivity index (χ1v) is 5.84. The summed E-state index contributed by atoms with van der Waals surface area (Å²) in [5, 5.41) is 11.7. The minimum atomic E-state index is -0.264. The van der Waals surface area contributed by atoms with Crippen LogP contribution in [0.15, 0.2) is 22.7 Å². The fourth-order valence-corrected chi connectivity index (χ4v) is 1.63. The van der Waals surface area contributed by atoms with Crippen molar-refractivity contribution in [2.45, 2.75) is 19.4 Å². The smallest absolute Gasteiger partial charge is 0.253 e. The summed E-state index contributed by atoms with van der Waals surface area (Å²) in [6.45, 7) is 1.82. The number of anilines is 1. The number of nitrogens with two attached hydrogens (primary N) is 1. The maximum atomic E-state index is 11.8. The molecule has 16 heavy (non-hydrogen) atoms. The molecule has 0 aliphatic rings. The van der Waals surface area contributed by atoms with Crippen molar-refractivity contribution in [2.75, 3.05) is 12.3 Å². The number of aliphatic hydroxyl groups is 1. The molecule has 4 N–H and O–H groups in total. The van der Waals surface area contributed by atoms with Crippen molar-refractivity contribution in [3.8, 4) is 0 Å². The third-order valence-electron chi connectivity index (χ3n) is 2.31. The lowest BCUT2D eigenvalue weighted by Gasteiger charge is -2.15. The van der Waals surface area contributed by atoms with Gasteiger partial charge in [0.05, 0.1) is 18.2 Å². The normalized spacial score (nSPS) is 12.2. The molecular formula is C11H15BrN2O2. The fraction of sp³-hybridized carbons (Fsp3) is 0.364. The van der Waals surface area contributed by atoms with Crippen molar-refractivity contribution in [1.82, 2.24) is 5.32 Å². The maximum absolute atomic E-state index is 11.8. The Balaban J connectivity index is 2.83. The van der Waals surface area contributed by atoms with Crippen LogP contribution in [0.5, 0.6) is 0 Å². The molecule has 1 aromatic rings. The highest BCUT2D eigenvalue weighted by Crippen LogP contribution is 2.18. The topological polar surface area (TPSA) is 75.3 Å². The number of hydrogen-bond acceptors (Lipinski definition) is 3. The lowest BCUT2D eigenvalue weighted by molar-refractivity contribution is 0.0916. The quantitative estimate of drug-likeness (QED) is 0.735. The zero-order valence-electron chi connectivity index (χ0n) is 9.03. The first-order valence-electron chi connectivity index (χ1n) is 5.05. The standard InChI is InChI=1S/C11H15BrN2O2/c1-2-8(6-15)14-11(16)9-5-7(12)3-4-10(9)13/h3-5,8,15H,2,6,13H2,1H3,(H,14,16). The van der Waals surface area contributed by atoms with Gasteiger partial charge in [-0.1, -0.05) is 22.9 Å². The monoisotopic (exact) mass is 286 g/mol. The third-order valence-corrected chi connectivity index (χ3v) is 2.80. The number of rotatable bonds is 4. The molecule has 5 heteroatoms. The zero-order valence-corrected chi connectivity index (χ0v) is 10.6. The molecular weight excluding hydrogens is 272 g/mol. The van der Waals surface area contributed by atoms with E-state index >= 15 is 0 Å². The summed E-state index contributed by atoms with van der Waals surface area (Å²) in [7, 11) is 0. The number of carbonyl (C=O) groups is 1. The summed E-state index contributed by atoms with van der Waals surface area (Å²) in [4.78, 5) is 11.8. The molecule has 0 fully saturated rings. The second-order valence-electron chi connectivity index (χ2n) is 3.49. The number of nitrogens with one attached hydrogen (secondary N) is 1. The first kappa shape index (κ1) is 13.0. The van der Waals surface area contributed by atoms with Crippen LogP contribution in [0.25, 0.3) is 0 Å². The molecule has 0 aliphatic heterocycles. The Hall–Kier alpha value is -1.07. The molecule has 1 unspecified atom stereocenters. The van der Waals surface area contributed by atoms with E-state index in [1.54, 1.807) is 18.2 Å². The van der Waals surface area contributed by atoms with Crippen molar-refractivity contribution in [1.29, 1.82) is 0 Å². The average molecular weight is 287 g/mol. The highest BCUT2D eigenvalue weighted by molar-refractivity contribution is 9.10. The van der Waals surface area contributed by atoms with Gasteiger partial charge >= 0.3 is 0 Å². The summed E-state index contributed by atoms with van der Waals surface area (Å²) >= 11 is 3.28. The Morgan fingerprint density at radius 2 is 2.31 bits per heavy atom. The van der Waals surface area contributed by atoms with Crippen LogP contribution in [0.3, 0.4) is 0 Å². The molecule has 1 atom stereocenters. The van der Waals surface area contributed by atoms with E-state index < -0.39 is 0 Å². The highest BCUT2D eigenvalue weighted by atomic mass is 79.9. The predicted octanol–water partition coefficient (Wildman–Crippen LogP) is 1.53. The van der Waals surface area contributed by atoms with Gasteiger partial charge in [0.25, 0.3) is 5.91 Å². The van der Waals surface area contributed by atoms with Crippen LogP contribution in [0, 0.1) is 0 Å².